The largest absolute Gasteiger partial charge is 0.496 e. The maximum absolute atomic E-state index is 12.2. The van der Waals surface area contributed by atoms with Gasteiger partial charge in [-0.2, -0.15) is 0 Å². The van der Waals surface area contributed by atoms with Gasteiger partial charge in [0.25, 0.3) is 11.8 Å². The first kappa shape index (κ1) is 21.5. The number of ether oxygens (including phenoxy) is 3. The number of halogens is 2. The second kappa shape index (κ2) is 10.5. The van der Waals surface area contributed by atoms with E-state index in [1.165, 1.54) is 0 Å². The third-order valence-corrected chi connectivity index (χ3v) is 4.91. The first-order chi connectivity index (χ1) is 13.0. The average Bonchev–Trinajstić information content (AvgIpc) is 2.67. The van der Waals surface area contributed by atoms with Crippen molar-refractivity contribution in [1.29, 1.82) is 0 Å². The molecule has 2 amide bonds. The van der Waals surface area contributed by atoms with Gasteiger partial charge in [-0.3, -0.25) is 20.4 Å². The number of carbonyl (C=O) groups is 2. The van der Waals surface area contributed by atoms with E-state index in [1.54, 1.807) is 50.6 Å². The van der Waals surface area contributed by atoms with Crippen LogP contribution >= 0.6 is 38.5 Å². The van der Waals surface area contributed by atoms with E-state index in [9.17, 15) is 9.59 Å². The van der Waals surface area contributed by atoms with Gasteiger partial charge in [0.2, 0.25) is 0 Å². The van der Waals surface area contributed by atoms with Crippen molar-refractivity contribution in [3.63, 3.8) is 0 Å². The van der Waals surface area contributed by atoms with Crippen LogP contribution in [0, 0.1) is 3.57 Å². The van der Waals surface area contributed by atoms with Crippen LogP contribution in [0.15, 0.2) is 40.9 Å². The Hall–Kier alpha value is -1.85. The molecular formula is C18H18BrIN2O5. The van der Waals surface area contributed by atoms with E-state index in [1.807, 2.05) is 0 Å². The monoisotopic (exact) mass is 548 g/mol. The lowest BCUT2D eigenvalue weighted by atomic mass is 10.2. The molecule has 2 aromatic carbocycles. The highest BCUT2D eigenvalue weighted by molar-refractivity contribution is 14.1. The fourth-order valence-electron chi connectivity index (χ4n) is 2.06. The van der Waals surface area contributed by atoms with Crippen LogP contribution in [-0.2, 0) is 4.74 Å². The standard InChI is InChI=1S/C18H18BrIN2O5/c1-25-7-8-27-15-5-3-11(9-13(15)19)17(23)21-22-18(24)12-4-6-16(26-2)14(20)10-12/h3-6,9-10H,7-8H2,1-2H3,(H,21,23)(H,22,24). The number of methoxy groups -OCH3 is 2. The SMILES string of the molecule is COCCOc1ccc(C(=O)NNC(=O)c2ccc(OC)c(I)c2)cc1Br. The van der Waals surface area contributed by atoms with Crippen LogP contribution in [0.5, 0.6) is 11.5 Å². The Labute approximate surface area is 179 Å². The molecule has 2 aromatic rings. The Kier molecular flexibility index (Phi) is 8.32. The van der Waals surface area contributed by atoms with Crippen molar-refractivity contribution in [3.05, 3.63) is 55.6 Å². The Balaban J connectivity index is 1.95. The summed E-state index contributed by atoms with van der Waals surface area (Å²) in [7, 11) is 3.15. The zero-order valence-corrected chi connectivity index (χ0v) is 18.4. The number of amides is 2. The molecule has 0 aliphatic heterocycles. The van der Waals surface area contributed by atoms with Gasteiger partial charge in [-0.1, -0.05) is 0 Å². The van der Waals surface area contributed by atoms with E-state index in [0.29, 0.717) is 40.3 Å². The maximum Gasteiger partial charge on any atom is 0.269 e. The third-order valence-electron chi connectivity index (χ3n) is 3.44. The summed E-state index contributed by atoms with van der Waals surface area (Å²) in [4.78, 5) is 24.4. The van der Waals surface area contributed by atoms with Gasteiger partial charge in [0.1, 0.15) is 18.1 Å². The molecule has 0 aromatic heterocycles. The highest BCUT2D eigenvalue weighted by atomic mass is 127. The minimum absolute atomic E-state index is 0.366. The zero-order valence-electron chi connectivity index (χ0n) is 14.7. The lowest BCUT2D eigenvalue weighted by Crippen LogP contribution is -2.41. The van der Waals surface area contributed by atoms with Gasteiger partial charge < -0.3 is 14.2 Å². The van der Waals surface area contributed by atoms with Crippen LogP contribution in [0.25, 0.3) is 0 Å². The van der Waals surface area contributed by atoms with Gasteiger partial charge in [0.05, 0.1) is 21.8 Å². The average molecular weight is 549 g/mol. The summed E-state index contributed by atoms with van der Waals surface area (Å²) in [5.41, 5.74) is 5.55. The second-order valence-corrected chi connectivity index (χ2v) is 7.26. The fourth-order valence-corrected chi connectivity index (χ4v) is 3.29. The molecule has 144 valence electrons. The molecule has 0 unspecified atom stereocenters. The lowest BCUT2D eigenvalue weighted by molar-refractivity contribution is 0.0846. The predicted octanol–water partition coefficient (Wildman–Crippen LogP) is 3.16. The summed E-state index contributed by atoms with van der Waals surface area (Å²) in [6, 6.07) is 9.86. The minimum atomic E-state index is -0.448. The van der Waals surface area contributed by atoms with Gasteiger partial charge in [-0.15, -0.1) is 0 Å². The maximum atomic E-state index is 12.2. The van der Waals surface area contributed by atoms with E-state index in [-0.39, 0.29) is 0 Å². The predicted molar refractivity (Wildman–Crippen MR) is 112 cm³/mol. The molecule has 9 heteroatoms. The normalized spacial score (nSPS) is 10.2. The minimum Gasteiger partial charge on any atom is -0.496 e. The molecule has 7 nitrogen and oxygen atoms in total. The number of hydrazine groups is 1. The summed E-state index contributed by atoms with van der Waals surface area (Å²) < 4.78 is 17.0. The van der Waals surface area contributed by atoms with Crippen LogP contribution in [0.1, 0.15) is 20.7 Å². The summed E-state index contributed by atoms with van der Waals surface area (Å²) >= 11 is 5.43. The Morgan fingerprint density at radius 2 is 1.56 bits per heavy atom. The van der Waals surface area contributed by atoms with E-state index < -0.39 is 11.8 Å². The van der Waals surface area contributed by atoms with Crippen molar-refractivity contribution in [2.75, 3.05) is 27.4 Å². The van der Waals surface area contributed by atoms with Crippen LogP contribution in [0.4, 0.5) is 0 Å². The molecule has 0 fully saturated rings. The van der Waals surface area contributed by atoms with Crippen molar-refractivity contribution in [1.82, 2.24) is 10.9 Å². The molecule has 0 spiro atoms. The molecule has 0 aliphatic carbocycles. The number of hydrogen-bond donors (Lipinski definition) is 2. The van der Waals surface area contributed by atoms with Crippen LogP contribution in [-0.4, -0.2) is 39.2 Å². The summed E-state index contributed by atoms with van der Waals surface area (Å²) in [5, 5.41) is 0. The molecule has 0 atom stereocenters. The van der Waals surface area contributed by atoms with Gasteiger partial charge in [0.15, 0.2) is 0 Å². The Morgan fingerprint density at radius 1 is 0.963 bits per heavy atom. The fraction of sp³-hybridized carbons (Fsp3) is 0.222. The molecule has 0 bridgehead atoms. The smallest absolute Gasteiger partial charge is 0.269 e. The summed E-state index contributed by atoms with van der Waals surface area (Å²) in [5.74, 6) is 0.396. The van der Waals surface area contributed by atoms with E-state index in [2.05, 4.69) is 49.4 Å². The van der Waals surface area contributed by atoms with Crippen molar-refractivity contribution in [3.8, 4) is 11.5 Å². The molecule has 0 radical (unpaired) electrons. The summed E-state index contributed by atoms with van der Waals surface area (Å²) in [6.07, 6.45) is 0. The van der Waals surface area contributed by atoms with E-state index in [0.717, 1.165) is 3.57 Å². The first-order valence-corrected chi connectivity index (χ1v) is 9.69. The van der Waals surface area contributed by atoms with Crippen molar-refractivity contribution in [2.45, 2.75) is 0 Å². The zero-order chi connectivity index (χ0) is 19.8. The van der Waals surface area contributed by atoms with Crippen molar-refractivity contribution < 1.29 is 23.8 Å². The molecule has 27 heavy (non-hydrogen) atoms. The molecule has 0 aliphatic rings. The van der Waals surface area contributed by atoms with Gasteiger partial charge in [0, 0.05) is 18.2 Å². The topological polar surface area (TPSA) is 85.9 Å². The molecule has 0 saturated heterocycles. The van der Waals surface area contributed by atoms with Crippen LogP contribution in [0.2, 0.25) is 0 Å². The van der Waals surface area contributed by atoms with Crippen LogP contribution < -0.4 is 20.3 Å². The third kappa shape index (κ3) is 6.08. The van der Waals surface area contributed by atoms with Gasteiger partial charge >= 0.3 is 0 Å². The number of carbonyl (C=O) groups excluding carboxylic acids is 2. The highest BCUT2D eigenvalue weighted by Crippen LogP contribution is 2.26. The molecule has 0 heterocycles. The van der Waals surface area contributed by atoms with Crippen molar-refractivity contribution >= 4 is 50.3 Å². The first-order valence-electron chi connectivity index (χ1n) is 7.81. The van der Waals surface area contributed by atoms with E-state index in [4.69, 9.17) is 14.2 Å². The molecule has 0 saturated carbocycles. The molecule has 2 rings (SSSR count). The number of nitrogens with one attached hydrogen (secondary N) is 2. The number of rotatable bonds is 7. The Bertz CT molecular complexity index is 831. The quantitative estimate of drug-likeness (QED) is 0.315. The summed E-state index contributed by atoms with van der Waals surface area (Å²) in [6.45, 7) is 0.863. The lowest BCUT2D eigenvalue weighted by Gasteiger charge is -2.11. The number of hydrogen-bond acceptors (Lipinski definition) is 5. The molecule has 2 N–H and O–H groups in total. The highest BCUT2D eigenvalue weighted by Gasteiger charge is 2.12. The van der Waals surface area contributed by atoms with Gasteiger partial charge in [-0.25, -0.2) is 0 Å². The Morgan fingerprint density at radius 3 is 2.07 bits per heavy atom. The van der Waals surface area contributed by atoms with E-state index >= 15 is 0 Å². The van der Waals surface area contributed by atoms with Crippen molar-refractivity contribution in [2.24, 2.45) is 0 Å². The number of benzene rings is 2. The second-order valence-electron chi connectivity index (χ2n) is 5.24. The van der Waals surface area contributed by atoms with Crippen LogP contribution in [0.3, 0.4) is 0 Å². The molecular weight excluding hydrogens is 531 g/mol. The van der Waals surface area contributed by atoms with Gasteiger partial charge in [-0.05, 0) is 74.9 Å².